The zero-order valence-corrected chi connectivity index (χ0v) is 10.4. The number of aliphatic hydroxyl groups excluding tert-OH is 1. The largest absolute Gasteiger partial charge is 0.394 e. The topological polar surface area (TPSA) is 79.5 Å². The Labute approximate surface area is 104 Å². The minimum absolute atomic E-state index is 0.0333. The van der Waals surface area contributed by atoms with Gasteiger partial charge in [0.15, 0.2) is 0 Å². The molecule has 1 aromatic heterocycles. The van der Waals surface area contributed by atoms with E-state index in [1.807, 2.05) is 0 Å². The van der Waals surface area contributed by atoms with E-state index in [1.165, 1.54) is 11.3 Å². The first kappa shape index (κ1) is 12.5. The minimum Gasteiger partial charge on any atom is -0.394 e. The van der Waals surface area contributed by atoms with Crippen LogP contribution in [0, 0.1) is 0 Å². The predicted molar refractivity (Wildman–Crippen MR) is 66.0 cm³/mol. The van der Waals surface area contributed by atoms with E-state index >= 15 is 0 Å². The number of aliphatic hydroxyl groups is 1. The summed E-state index contributed by atoms with van der Waals surface area (Å²) in [6.45, 7) is 1.30. The number of aromatic nitrogens is 1. The standard InChI is InChI=1S/C11H17N3O2S/c12-4-3-10-13-9(7-17-10)11(16)14-5-1-2-8(14)6-15/h7-8,15H,1-6,12H2/t8-/m1/s1. The first-order chi connectivity index (χ1) is 8.26. The highest BCUT2D eigenvalue weighted by atomic mass is 32.1. The molecule has 0 radical (unpaired) electrons. The molecule has 0 unspecified atom stereocenters. The van der Waals surface area contributed by atoms with E-state index in [1.54, 1.807) is 10.3 Å². The van der Waals surface area contributed by atoms with E-state index in [0.29, 0.717) is 25.2 Å². The summed E-state index contributed by atoms with van der Waals surface area (Å²) in [5.41, 5.74) is 5.93. The number of nitrogens with zero attached hydrogens (tertiary/aromatic N) is 2. The Kier molecular flexibility index (Phi) is 4.09. The summed E-state index contributed by atoms with van der Waals surface area (Å²) in [5, 5.41) is 11.9. The van der Waals surface area contributed by atoms with Crippen molar-refractivity contribution in [1.82, 2.24) is 9.88 Å². The SMILES string of the molecule is NCCc1nc(C(=O)N2CCC[C@@H]2CO)cs1. The van der Waals surface area contributed by atoms with Crippen LogP contribution in [0.1, 0.15) is 28.3 Å². The zero-order valence-electron chi connectivity index (χ0n) is 9.63. The van der Waals surface area contributed by atoms with Gasteiger partial charge in [0.2, 0.25) is 0 Å². The number of nitrogens with two attached hydrogens (primary N) is 1. The van der Waals surface area contributed by atoms with Crippen molar-refractivity contribution in [2.75, 3.05) is 19.7 Å². The molecule has 0 saturated carbocycles. The maximum Gasteiger partial charge on any atom is 0.273 e. The molecule has 0 aliphatic carbocycles. The molecule has 17 heavy (non-hydrogen) atoms. The molecule has 0 bridgehead atoms. The number of rotatable bonds is 4. The van der Waals surface area contributed by atoms with Gasteiger partial charge in [-0.15, -0.1) is 11.3 Å². The number of thiazole rings is 1. The highest BCUT2D eigenvalue weighted by molar-refractivity contribution is 7.09. The second-order valence-electron chi connectivity index (χ2n) is 4.14. The van der Waals surface area contributed by atoms with E-state index in [9.17, 15) is 9.90 Å². The summed E-state index contributed by atoms with van der Waals surface area (Å²) < 4.78 is 0. The van der Waals surface area contributed by atoms with Crippen molar-refractivity contribution in [3.8, 4) is 0 Å². The van der Waals surface area contributed by atoms with Crippen molar-refractivity contribution in [1.29, 1.82) is 0 Å². The highest BCUT2D eigenvalue weighted by Gasteiger charge is 2.29. The summed E-state index contributed by atoms with van der Waals surface area (Å²) in [7, 11) is 0. The Hall–Kier alpha value is -0.980. The predicted octanol–water partition coefficient (Wildman–Crippen LogP) is 0.241. The second-order valence-corrected chi connectivity index (χ2v) is 5.08. The molecule has 1 atom stereocenters. The molecule has 1 fully saturated rings. The highest BCUT2D eigenvalue weighted by Crippen LogP contribution is 2.20. The molecular weight excluding hydrogens is 238 g/mol. The molecule has 2 heterocycles. The van der Waals surface area contributed by atoms with Crippen molar-refractivity contribution in [3.63, 3.8) is 0 Å². The lowest BCUT2D eigenvalue weighted by Crippen LogP contribution is -2.37. The zero-order chi connectivity index (χ0) is 12.3. The van der Waals surface area contributed by atoms with Gasteiger partial charge in [-0.05, 0) is 19.4 Å². The van der Waals surface area contributed by atoms with Crippen LogP contribution in [-0.4, -0.2) is 46.6 Å². The third kappa shape index (κ3) is 2.65. The van der Waals surface area contributed by atoms with Crippen LogP contribution in [0.4, 0.5) is 0 Å². The van der Waals surface area contributed by atoms with Crippen LogP contribution < -0.4 is 5.73 Å². The van der Waals surface area contributed by atoms with Crippen LogP contribution in [0.15, 0.2) is 5.38 Å². The molecule has 1 amide bonds. The summed E-state index contributed by atoms with van der Waals surface area (Å²) in [4.78, 5) is 18.2. The quantitative estimate of drug-likeness (QED) is 0.808. The molecule has 2 rings (SSSR count). The molecule has 0 aromatic carbocycles. The molecule has 5 nitrogen and oxygen atoms in total. The number of hydrogen-bond acceptors (Lipinski definition) is 5. The lowest BCUT2D eigenvalue weighted by atomic mass is 10.2. The van der Waals surface area contributed by atoms with Crippen molar-refractivity contribution < 1.29 is 9.90 Å². The van der Waals surface area contributed by atoms with Gasteiger partial charge in [-0.25, -0.2) is 4.98 Å². The average molecular weight is 255 g/mol. The third-order valence-electron chi connectivity index (χ3n) is 2.98. The Morgan fingerprint density at radius 2 is 2.53 bits per heavy atom. The maximum absolute atomic E-state index is 12.2. The molecule has 6 heteroatoms. The van der Waals surface area contributed by atoms with Crippen LogP contribution in [0.2, 0.25) is 0 Å². The average Bonchev–Trinajstić information content (AvgIpc) is 2.96. The molecule has 1 aromatic rings. The molecule has 1 aliphatic rings. The van der Waals surface area contributed by atoms with E-state index < -0.39 is 0 Å². The van der Waals surface area contributed by atoms with Crippen LogP contribution >= 0.6 is 11.3 Å². The Bertz CT molecular complexity index is 394. The molecule has 1 aliphatic heterocycles. The normalized spacial score (nSPS) is 19.9. The summed E-state index contributed by atoms with van der Waals surface area (Å²) in [6, 6.07) is -0.0397. The van der Waals surface area contributed by atoms with Crippen LogP contribution in [0.3, 0.4) is 0 Å². The number of carbonyl (C=O) groups is 1. The number of likely N-dealkylation sites (tertiary alicyclic amines) is 1. The van der Waals surface area contributed by atoms with E-state index in [-0.39, 0.29) is 18.6 Å². The van der Waals surface area contributed by atoms with Crippen LogP contribution in [0.25, 0.3) is 0 Å². The van der Waals surface area contributed by atoms with Crippen molar-refractivity contribution in [3.05, 3.63) is 16.1 Å². The van der Waals surface area contributed by atoms with Crippen molar-refractivity contribution in [2.24, 2.45) is 5.73 Å². The van der Waals surface area contributed by atoms with Gasteiger partial charge in [0.25, 0.3) is 5.91 Å². The van der Waals surface area contributed by atoms with E-state index in [0.717, 1.165) is 17.8 Å². The fourth-order valence-corrected chi connectivity index (χ4v) is 2.88. The molecular formula is C11H17N3O2S. The fourth-order valence-electron chi connectivity index (χ4n) is 2.09. The van der Waals surface area contributed by atoms with Gasteiger partial charge in [-0.2, -0.15) is 0 Å². The Morgan fingerprint density at radius 3 is 3.24 bits per heavy atom. The van der Waals surface area contributed by atoms with Crippen LogP contribution in [0.5, 0.6) is 0 Å². The van der Waals surface area contributed by atoms with Crippen LogP contribution in [-0.2, 0) is 6.42 Å². The second kappa shape index (κ2) is 5.57. The van der Waals surface area contributed by atoms with Gasteiger partial charge in [0, 0.05) is 18.3 Å². The van der Waals surface area contributed by atoms with Gasteiger partial charge in [-0.3, -0.25) is 4.79 Å². The summed E-state index contributed by atoms with van der Waals surface area (Å²) in [5.74, 6) is -0.0685. The summed E-state index contributed by atoms with van der Waals surface area (Å²) in [6.07, 6.45) is 2.54. The first-order valence-corrected chi connectivity index (χ1v) is 6.70. The van der Waals surface area contributed by atoms with Gasteiger partial charge in [0.05, 0.1) is 17.7 Å². The lowest BCUT2D eigenvalue weighted by molar-refractivity contribution is 0.0672. The van der Waals surface area contributed by atoms with Gasteiger partial charge >= 0.3 is 0 Å². The number of hydrogen-bond donors (Lipinski definition) is 2. The Morgan fingerprint density at radius 1 is 1.71 bits per heavy atom. The number of amides is 1. The molecule has 3 N–H and O–H groups in total. The maximum atomic E-state index is 12.2. The van der Waals surface area contributed by atoms with Crippen molar-refractivity contribution >= 4 is 17.2 Å². The molecule has 1 saturated heterocycles. The fraction of sp³-hybridized carbons (Fsp3) is 0.636. The Balaban J connectivity index is 2.07. The monoisotopic (exact) mass is 255 g/mol. The third-order valence-corrected chi connectivity index (χ3v) is 3.89. The molecule has 0 spiro atoms. The van der Waals surface area contributed by atoms with Crippen molar-refractivity contribution in [2.45, 2.75) is 25.3 Å². The van der Waals surface area contributed by atoms with E-state index in [4.69, 9.17) is 5.73 Å². The number of carbonyl (C=O) groups excluding carboxylic acids is 1. The van der Waals surface area contributed by atoms with Gasteiger partial charge in [-0.1, -0.05) is 0 Å². The summed E-state index contributed by atoms with van der Waals surface area (Å²) >= 11 is 1.47. The van der Waals surface area contributed by atoms with Gasteiger partial charge < -0.3 is 15.7 Å². The van der Waals surface area contributed by atoms with E-state index in [2.05, 4.69) is 4.98 Å². The first-order valence-electron chi connectivity index (χ1n) is 5.82. The minimum atomic E-state index is -0.0685. The lowest BCUT2D eigenvalue weighted by Gasteiger charge is -2.21. The van der Waals surface area contributed by atoms with Gasteiger partial charge in [0.1, 0.15) is 5.69 Å². The molecule has 94 valence electrons. The smallest absolute Gasteiger partial charge is 0.273 e.